The fraction of sp³-hybridized carbons (Fsp3) is 0.300. The van der Waals surface area contributed by atoms with Gasteiger partial charge in [-0.05, 0) is 25.1 Å². The van der Waals surface area contributed by atoms with Gasteiger partial charge in [0.15, 0.2) is 0 Å². The van der Waals surface area contributed by atoms with Gasteiger partial charge in [-0.2, -0.15) is 0 Å². The minimum absolute atomic E-state index is 0.147. The van der Waals surface area contributed by atoms with Crippen molar-refractivity contribution in [1.82, 2.24) is 5.32 Å². The molecule has 0 atom stereocenters. The zero-order valence-electron chi connectivity index (χ0n) is 8.33. The molecular weight excluding hydrogens is 180 g/mol. The molecule has 0 aliphatic rings. The third-order valence-corrected chi connectivity index (χ3v) is 1.80. The monoisotopic (exact) mass is 194 g/mol. The van der Waals surface area contributed by atoms with Crippen molar-refractivity contribution >= 4 is 11.6 Å². The van der Waals surface area contributed by atoms with Crippen molar-refractivity contribution in [2.24, 2.45) is 0 Å². The second-order valence-electron chi connectivity index (χ2n) is 2.76. The van der Waals surface area contributed by atoms with Crippen LogP contribution in [0.5, 0.6) is 5.75 Å². The number of amides is 1. The van der Waals surface area contributed by atoms with E-state index in [9.17, 15) is 4.79 Å². The zero-order chi connectivity index (χ0) is 10.6. The molecule has 0 unspecified atom stereocenters. The molecule has 1 aromatic rings. The van der Waals surface area contributed by atoms with Crippen LogP contribution in [0.15, 0.2) is 18.2 Å². The number of carbonyl (C=O) groups is 1. The fourth-order valence-electron chi connectivity index (χ4n) is 1.10. The van der Waals surface area contributed by atoms with Crippen molar-refractivity contribution < 1.29 is 9.53 Å². The van der Waals surface area contributed by atoms with E-state index < -0.39 is 0 Å². The van der Waals surface area contributed by atoms with Gasteiger partial charge in [0.2, 0.25) is 0 Å². The molecule has 0 aliphatic carbocycles. The Bertz CT molecular complexity index is 337. The summed E-state index contributed by atoms with van der Waals surface area (Å²) in [6.45, 7) is 2.40. The second-order valence-corrected chi connectivity index (χ2v) is 2.76. The van der Waals surface area contributed by atoms with E-state index in [0.717, 1.165) is 0 Å². The first-order chi connectivity index (χ1) is 6.69. The van der Waals surface area contributed by atoms with Gasteiger partial charge in [-0.1, -0.05) is 0 Å². The molecule has 0 radical (unpaired) electrons. The lowest BCUT2D eigenvalue weighted by atomic mass is 10.2. The number of rotatable bonds is 3. The molecule has 0 aliphatic heterocycles. The maximum absolute atomic E-state index is 11.3. The van der Waals surface area contributed by atoms with Crippen molar-refractivity contribution in [2.75, 3.05) is 19.4 Å². The Balaban J connectivity index is 2.99. The molecule has 1 amide bonds. The first-order valence-corrected chi connectivity index (χ1v) is 4.43. The van der Waals surface area contributed by atoms with Gasteiger partial charge in [-0.25, -0.2) is 0 Å². The van der Waals surface area contributed by atoms with Crippen LogP contribution in [-0.4, -0.2) is 19.6 Å². The van der Waals surface area contributed by atoms with Crippen molar-refractivity contribution in [3.8, 4) is 5.75 Å². The Kier molecular flexibility index (Phi) is 3.34. The molecule has 0 fully saturated rings. The van der Waals surface area contributed by atoms with Gasteiger partial charge in [0.05, 0.1) is 12.3 Å². The van der Waals surface area contributed by atoms with Crippen LogP contribution >= 0.6 is 0 Å². The molecule has 0 heterocycles. The third-order valence-electron chi connectivity index (χ3n) is 1.80. The van der Waals surface area contributed by atoms with Crippen LogP contribution in [0.2, 0.25) is 0 Å². The number of nitrogens with one attached hydrogen (secondary N) is 1. The summed E-state index contributed by atoms with van der Waals surface area (Å²) in [7, 11) is 1.58. The molecule has 0 aromatic heterocycles. The molecule has 0 bridgehead atoms. The number of carbonyl (C=O) groups excluding carboxylic acids is 1. The number of anilines is 1. The van der Waals surface area contributed by atoms with Crippen LogP contribution in [-0.2, 0) is 0 Å². The van der Waals surface area contributed by atoms with Crippen LogP contribution in [0, 0.1) is 0 Å². The van der Waals surface area contributed by atoms with Crippen molar-refractivity contribution in [2.45, 2.75) is 6.92 Å². The molecule has 0 saturated carbocycles. The Morgan fingerprint density at radius 3 is 2.86 bits per heavy atom. The lowest BCUT2D eigenvalue weighted by Crippen LogP contribution is -2.17. The van der Waals surface area contributed by atoms with E-state index >= 15 is 0 Å². The third kappa shape index (κ3) is 2.16. The molecule has 76 valence electrons. The van der Waals surface area contributed by atoms with E-state index in [1.807, 2.05) is 6.92 Å². The van der Waals surface area contributed by atoms with Crippen molar-refractivity contribution in [3.63, 3.8) is 0 Å². The number of ether oxygens (including phenoxy) is 1. The second kappa shape index (κ2) is 4.50. The molecule has 1 aromatic carbocycles. The highest BCUT2D eigenvalue weighted by Crippen LogP contribution is 2.22. The van der Waals surface area contributed by atoms with Gasteiger partial charge in [0.25, 0.3) is 5.91 Å². The van der Waals surface area contributed by atoms with Crippen molar-refractivity contribution in [3.05, 3.63) is 23.8 Å². The number of hydrogen-bond acceptors (Lipinski definition) is 3. The van der Waals surface area contributed by atoms with Gasteiger partial charge < -0.3 is 15.8 Å². The molecule has 3 N–H and O–H groups in total. The van der Waals surface area contributed by atoms with Gasteiger partial charge >= 0.3 is 0 Å². The number of hydrogen-bond donors (Lipinski definition) is 2. The molecular formula is C10H14N2O2. The highest BCUT2D eigenvalue weighted by atomic mass is 16.5. The highest BCUT2D eigenvalue weighted by molar-refractivity contribution is 5.95. The van der Waals surface area contributed by atoms with E-state index in [2.05, 4.69) is 5.32 Å². The average Bonchev–Trinajstić information content (AvgIpc) is 2.20. The maximum Gasteiger partial charge on any atom is 0.251 e. The summed E-state index contributed by atoms with van der Waals surface area (Å²) in [5.74, 6) is 0.402. The first kappa shape index (κ1) is 10.4. The Hall–Kier alpha value is -1.71. The van der Waals surface area contributed by atoms with E-state index in [0.29, 0.717) is 23.6 Å². The first-order valence-electron chi connectivity index (χ1n) is 4.43. The lowest BCUT2D eigenvalue weighted by molar-refractivity contribution is 0.0962. The molecule has 0 saturated heterocycles. The van der Waals surface area contributed by atoms with E-state index in [-0.39, 0.29) is 5.91 Å². The van der Waals surface area contributed by atoms with Crippen LogP contribution in [0.25, 0.3) is 0 Å². The quantitative estimate of drug-likeness (QED) is 0.706. The summed E-state index contributed by atoms with van der Waals surface area (Å²) in [5.41, 5.74) is 6.75. The molecule has 14 heavy (non-hydrogen) atoms. The van der Waals surface area contributed by atoms with Gasteiger partial charge in [0, 0.05) is 12.6 Å². The van der Waals surface area contributed by atoms with Gasteiger partial charge in [0.1, 0.15) is 5.75 Å². The summed E-state index contributed by atoms with van der Waals surface area (Å²) in [6, 6.07) is 4.96. The summed E-state index contributed by atoms with van der Waals surface area (Å²) in [5, 5.41) is 2.53. The topological polar surface area (TPSA) is 64.3 Å². The predicted octanol–water partition coefficient (Wildman–Crippen LogP) is 1.03. The molecule has 4 heteroatoms. The average molecular weight is 194 g/mol. The molecule has 4 nitrogen and oxygen atoms in total. The van der Waals surface area contributed by atoms with Crippen LogP contribution in [0.1, 0.15) is 17.3 Å². The molecule has 0 spiro atoms. The van der Waals surface area contributed by atoms with Gasteiger partial charge in [-0.15, -0.1) is 0 Å². The van der Waals surface area contributed by atoms with Crippen LogP contribution < -0.4 is 15.8 Å². The normalized spacial score (nSPS) is 9.57. The fourth-order valence-corrected chi connectivity index (χ4v) is 1.10. The summed E-state index contributed by atoms with van der Waals surface area (Å²) in [6.07, 6.45) is 0. The Morgan fingerprint density at radius 1 is 1.57 bits per heavy atom. The smallest absolute Gasteiger partial charge is 0.251 e. The van der Waals surface area contributed by atoms with E-state index in [1.165, 1.54) is 0 Å². The predicted molar refractivity (Wildman–Crippen MR) is 55.4 cm³/mol. The standard InChI is InChI=1S/C10H14N2O2/c1-3-14-9-6-7(10(13)12-2)4-5-8(9)11/h4-6H,3,11H2,1-2H3,(H,12,13). The summed E-state index contributed by atoms with van der Waals surface area (Å²) in [4.78, 5) is 11.3. The Morgan fingerprint density at radius 2 is 2.29 bits per heavy atom. The minimum atomic E-state index is -0.147. The van der Waals surface area contributed by atoms with Gasteiger partial charge in [-0.3, -0.25) is 4.79 Å². The molecule has 1 rings (SSSR count). The summed E-state index contributed by atoms with van der Waals surface area (Å²) >= 11 is 0. The van der Waals surface area contributed by atoms with Crippen LogP contribution in [0.3, 0.4) is 0 Å². The lowest BCUT2D eigenvalue weighted by Gasteiger charge is -2.08. The number of nitrogen functional groups attached to an aromatic ring is 1. The zero-order valence-corrected chi connectivity index (χ0v) is 8.33. The van der Waals surface area contributed by atoms with Crippen molar-refractivity contribution in [1.29, 1.82) is 0 Å². The van der Waals surface area contributed by atoms with Crippen LogP contribution in [0.4, 0.5) is 5.69 Å². The number of benzene rings is 1. The maximum atomic E-state index is 11.3. The highest BCUT2D eigenvalue weighted by Gasteiger charge is 2.06. The number of nitrogens with two attached hydrogens (primary N) is 1. The Labute approximate surface area is 83.1 Å². The SMILES string of the molecule is CCOc1cc(C(=O)NC)ccc1N. The van der Waals surface area contributed by atoms with E-state index in [1.54, 1.807) is 25.2 Å². The largest absolute Gasteiger partial charge is 0.492 e. The minimum Gasteiger partial charge on any atom is -0.492 e. The van der Waals surface area contributed by atoms with E-state index in [4.69, 9.17) is 10.5 Å². The summed E-state index contributed by atoms with van der Waals surface area (Å²) < 4.78 is 5.27.